The molecule has 1 aliphatic carbocycles. The largest absolute Gasteiger partial charge is 0.455 e. The fourth-order valence-electron chi connectivity index (χ4n) is 3.65. The Bertz CT molecular complexity index is 1300. The van der Waals surface area contributed by atoms with Crippen LogP contribution in [0.2, 0.25) is 10.0 Å². The molecule has 3 amide bonds. The van der Waals surface area contributed by atoms with Crippen LogP contribution in [0, 0.1) is 6.92 Å². The molecule has 0 atom stereocenters. The van der Waals surface area contributed by atoms with Gasteiger partial charge in [0.1, 0.15) is 5.76 Å². The van der Waals surface area contributed by atoms with Crippen molar-refractivity contribution in [2.45, 2.75) is 26.2 Å². The number of hydrazine groups is 1. The van der Waals surface area contributed by atoms with E-state index in [0.717, 1.165) is 6.42 Å². The van der Waals surface area contributed by atoms with Crippen LogP contribution in [0.1, 0.15) is 61.0 Å². The molecule has 1 aliphatic rings. The van der Waals surface area contributed by atoms with Crippen molar-refractivity contribution in [2.75, 3.05) is 0 Å². The highest BCUT2D eigenvalue weighted by Crippen LogP contribution is 2.29. The Labute approximate surface area is 205 Å². The molecule has 3 N–H and O–H groups in total. The summed E-state index contributed by atoms with van der Waals surface area (Å²) < 4.78 is 5.80. The van der Waals surface area contributed by atoms with Crippen molar-refractivity contribution in [3.8, 4) is 0 Å². The van der Waals surface area contributed by atoms with Crippen LogP contribution in [0.5, 0.6) is 0 Å². The molecule has 3 aromatic rings. The van der Waals surface area contributed by atoms with Gasteiger partial charge in [0.25, 0.3) is 11.8 Å². The second-order valence-electron chi connectivity index (χ2n) is 7.63. The van der Waals surface area contributed by atoms with E-state index < -0.39 is 17.7 Å². The average Bonchev–Trinajstić information content (AvgIpc) is 3.18. The second kappa shape index (κ2) is 10.1. The number of benzene rings is 2. The SMILES string of the molecule is Cc1c(C(=O)NNC(=O)c2ccc(Cl)cc2)oc2c1/C(=N/NC(=O)c1cccc(Cl)c1)CCC2. The maximum absolute atomic E-state index is 12.7. The third-order valence-corrected chi connectivity index (χ3v) is 5.79. The van der Waals surface area contributed by atoms with E-state index in [0.29, 0.717) is 56.6 Å². The number of rotatable bonds is 4. The molecule has 1 aromatic heterocycles. The van der Waals surface area contributed by atoms with Crippen LogP contribution in [-0.4, -0.2) is 23.4 Å². The summed E-state index contributed by atoms with van der Waals surface area (Å²) in [6.07, 6.45) is 1.99. The van der Waals surface area contributed by atoms with Crippen molar-refractivity contribution in [3.05, 3.63) is 92.4 Å². The number of nitrogens with zero attached hydrogens (tertiary/aromatic N) is 1. The molecule has 0 fully saturated rings. The predicted octanol–water partition coefficient (Wildman–Crippen LogP) is 4.44. The van der Waals surface area contributed by atoms with Crippen molar-refractivity contribution in [1.82, 2.24) is 16.3 Å². The maximum Gasteiger partial charge on any atom is 0.305 e. The monoisotopic (exact) mass is 498 g/mol. The van der Waals surface area contributed by atoms with Gasteiger partial charge in [-0.25, -0.2) is 5.43 Å². The molecule has 8 nitrogen and oxygen atoms in total. The Kier molecular flexibility index (Phi) is 7.00. The predicted molar refractivity (Wildman–Crippen MR) is 128 cm³/mol. The highest BCUT2D eigenvalue weighted by Gasteiger charge is 2.28. The standard InChI is InChI=1S/C24H20Cl2N4O4/c1-13-20-18(27-28-23(32)15-4-2-5-17(26)12-15)6-3-7-19(20)34-21(13)24(33)30-29-22(31)14-8-10-16(25)11-9-14/h2,4-5,8-12H,3,6-7H2,1H3,(H,28,32)(H,29,31)(H,30,33)/b27-18+. The summed E-state index contributed by atoms with van der Waals surface area (Å²) in [5.41, 5.74) is 9.86. The van der Waals surface area contributed by atoms with Gasteiger partial charge in [0, 0.05) is 38.7 Å². The molecule has 0 bridgehead atoms. The first kappa shape index (κ1) is 23.5. The third-order valence-electron chi connectivity index (χ3n) is 5.31. The Hall–Kier alpha value is -3.62. The molecule has 0 spiro atoms. The van der Waals surface area contributed by atoms with Gasteiger partial charge in [0.05, 0.1) is 5.71 Å². The lowest BCUT2D eigenvalue weighted by molar-refractivity contribution is 0.0829. The van der Waals surface area contributed by atoms with E-state index in [2.05, 4.69) is 21.4 Å². The number of nitrogens with one attached hydrogen (secondary N) is 3. The smallest absolute Gasteiger partial charge is 0.305 e. The highest BCUT2D eigenvalue weighted by atomic mass is 35.5. The lowest BCUT2D eigenvalue weighted by Crippen LogP contribution is -2.41. The van der Waals surface area contributed by atoms with Gasteiger partial charge in [-0.3, -0.25) is 25.2 Å². The number of fused-ring (bicyclic) bond motifs is 1. The lowest BCUT2D eigenvalue weighted by atomic mass is 9.93. The normalized spacial score (nSPS) is 13.8. The highest BCUT2D eigenvalue weighted by molar-refractivity contribution is 6.31. The average molecular weight is 499 g/mol. The summed E-state index contributed by atoms with van der Waals surface area (Å²) in [5, 5.41) is 5.23. The van der Waals surface area contributed by atoms with E-state index in [1.807, 2.05) is 0 Å². The summed E-state index contributed by atoms with van der Waals surface area (Å²) in [6, 6.07) is 12.8. The van der Waals surface area contributed by atoms with Crippen molar-refractivity contribution < 1.29 is 18.8 Å². The second-order valence-corrected chi connectivity index (χ2v) is 8.51. The zero-order valence-corrected chi connectivity index (χ0v) is 19.6. The van der Waals surface area contributed by atoms with Crippen LogP contribution in [0.25, 0.3) is 0 Å². The van der Waals surface area contributed by atoms with Crippen molar-refractivity contribution in [3.63, 3.8) is 0 Å². The molecule has 0 unspecified atom stereocenters. The van der Waals surface area contributed by atoms with Gasteiger partial charge < -0.3 is 4.42 Å². The molecular weight excluding hydrogens is 479 g/mol. The van der Waals surface area contributed by atoms with E-state index in [4.69, 9.17) is 27.6 Å². The van der Waals surface area contributed by atoms with Gasteiger partial charge in [0.15, 0.2) is 5.76 Å². The van der Waals surface area contributed by atoms with E-state index in [1.165, 1.54) is 0 Å². The van der Waals surface area contributed by atoms with Crippen molar-refractivity contribution in [1.29, 1.82) is 0 Å². The summed E-state index contributed by atoms with van der Waals surface area (Å²) in [7, 11) is 0. The molecule has 0 saturated carbocycles. The Morgan fingerprint density at radius 2 is 1.62 bits per heavy atom. The first-order chi connectivity index (χ1) is 16.3. The molecule has 0 saturated heterocycles. The zero-order valence-electron chi connectivity index (χ0n) is 18.1. The van der Waals surface area contributed by atoms with Crippen LogP contribution in [0.15, 0.2) is 58.0 Å². The van der Waals surface area contributed by atoms with Crippen LogP contribution in [0.3, 0.4) is 0 Å². The fourth-order valence-corrected chi connectivity index (χ4v) is 3.97. The number of halogens is 2. The van der Waals surface area contributed by atoms with Crippen LogP contribution in [0.4, 0.5) is 0 Å². The summed E-state index contributed by atoms with van der Waals surface area (Å²) in [4.78, 5) is 37.4. The molecule has 34 heavy (non-hydrogen) atoms. The van der Waals surface area contributed by atoms with Gasteiger partial charge in [-0.05, 0) is 62.2 Å². The molecule has 4 rings (SSSR count). The van der Waals surface area contributed by atoms with E-state index in [1.54, 1.807) is 55.5 Å². The number of aryl methyl sites for hydroxylation is 1. The minimum absolute atomic E-state index is 0.0668. The van der Waals surface area contributed by atoms with E-state index in [-0.39, 0.29) is 5.76 Å². The zero-order chi connectivity index (χ0) is 24.2. The number of hydrogen-bond donors (Lipinski definition) is 3. The minimum Gasteiger partial charge on any atom is -0.455 e. The number of hydrogen-bond acceptors (Lipinski definition) is 5. The molecule has 174 valence electrons. The molecule has 10 heteroatoms. The quantitative estimate of drug-likeness (QED) is 0.461. The Morgan fingerprint density at radius 1 is 0.882 bits per heavy atom. The first-order valence-corrected chi connectivity index (χ1v) is 11.2. The van der Waals surface area contributed by atoms with Gasteiger partial charge in [0.2, 0.25) is 0 Å². The number of carbonyl (C=O) groups is 3. The van der Waals surface area contributed by atoms with Crippen molar-refractivity contribution in [2.24, 2.45) is 5.10 Å². The van der Waals surface area contributed by atoms with Gasteiger partial charge in [-0.15, -0.1) is 0 Å². The molecule has 0 aliphatic heterocycles. The number of hydrazone groups is 1. The maximum atomic E-state index is 12.7. The Morgan fingerprint density at radius 3 is 2.35 bits per heavy atom. The molecular formula is C24H20Cl2N4O4. The number of furan rings is 1. The number of amides is 3. The Balaban J connectivity index is 1.48. The molecule has 0 radical (unpaired) electrons. The van der Waals surface area contributed by atoms with Crippen LogP contribution in [-0.2, 0) is 6.42 Å². The van der Waals surface area contributed by atoms with E-state index >= 15 is 0 Å². The van der Waals surface area contributed by atoms with Gasteiger partial charge in [-0.1, -0.05) is 29.3 Å². The number of carbonyl (C=O) groups excluding carboxylic acids is 3. The van der Waals surface area contributed by atoms with Gasteiger partial charge >= 0.3 is 5.91 Å². The van der Waals surface area contributed by atoms with Crippen LogP contribution >= 0.6 is 23.2 Å². The summed E-state index contributed by atoms with van der Waals surface area (Å²) in [5.74, 6) is -0.821. The van der Waals surface area contributed by atoms with Crippen LogP contribution < -0.4 is 16.3 Å². The fraction of sp³-hybridized carbons (Fsp3) is 0.167. The summed E-state index contributed by atoms with van der Waals surface area (Å²) >= 11 is 11.8. The third kappa shape index (κ3) is 5.13. The lowest BCUT2D eigenvalue weighted by Gasteiger charge is -2.13. The van der Waals surface area contributed by atoms with E-state index in [9.17, 15) is 14.4 Å². The minimum atomic E-state index is -0.600. The topological polar surface area (TPSA) is 113 Å². The molecule has 1 heterocycles. The molecule has 2 aromatic carbocycles. The van der Waals surface area contributed by atoms with Gasteiger partial charge in [-0.2, -0.15) is 5.10 Å². The first-order valence-electron chi connectivity index (χ1n) is 10.4. The summed E-state index contributed by atoms with van der Waals surface area (Å²) in [6.45, 7) is 1.73. The van der Waals surface area contributed by atoms with Crippen molar-refractivity contribution >= 4 is 46.6 Å².